The van der Waals surface area contributed by atoms with E-state index in [1.54, 1.807) is 37.6 Å². The van der Waals surface area contributed by atoms with E-state index in [1.807, 2.05) is 44.2 Å². The van der Waals surface area contributed by atoms with E-state index in [0.717, 1.165) is 28.4 Å². The van der Waals surface area contributed by atoms with Crippen LogP contribution >= 0.6 is 11.6 Å². The van der Waals surface area contributed by atoms with Gasteiger partial charge < -0.3 is 14.0 Å². The van der Waals surface area contributed by atoms with Gasteiger partial charge in [0.05, 0.1) is 24.0 Å². The lowest BCUT2D eigenvalue weighted by molar-refractivity contribution is -0.123. The van der Waals surface area contributed by atoms with Crippen molar-refractivity contribution >= 4 is 23.7 Å². The molecule has 0 aliphatic carbocycles. The summed E-state index contributed by atoms with van der Waals surface area (Å²) >= 11 is 6.33. The van der Waals surface area contributed by atoms with Crippen molar-refractivity contribution in [3.63, 3.8) is 0 Å². The maximum Gasteiger partial charge on any atom is 0.277 e. The maximum absolute atomic E-state index is 12.0. The topological polar surface area (TPSA) is 64.8 Å². The van der Waals surface area contributed by atoms with Crippen LogP contribution in [0.5, 0.6) is 11.5 Å². The van der Waals surface area contributed by atoms with Crippen molar-refractivity contribution in [3.8, 4) is 17.2 Å². The lowest BCUT2D eigenvalue weighted by Crippen LogP contribution is -2.24. The van der Waals surface area contributed by atoms with Gasteiger partial charge in [0.25, 0.3) is 5.91 Å². The highest BCUT2D eigenvalue weighted by atomic mass is 35.5. The zero-order valence-electron chi connectivity index (χ0n) is 16.5. The van der Waals surface area contributed by atoms with Crippen molar-refractivity contribution in [2.45, 2.75) is 13.8 Å². The first kappa shape index (κ1) is 20.5. The smallest absolute Gasteiger partial charge is 0.277 e. The molecule has 3 rings (SSSR count). The Morgan fingerprint density at radius 2 is 1.83 bits per heavy atom. The van der Waals surface area contributed by atoms with Crippen molar-refractivity contribution in [2.24, 2.45) is 5.10 Å². The summed E-state index contributed by atoms with van der Waals surface area (Å²) in [7, 11) is 1.59. The summed E-state index contributed by atoms with van der Waals surface area (Å²) in [6.45, 7) is 3.84. The Balaban J connectivity index is 1.61. The van der Waals surface area contributed by atoms with E-state index in [-0.39, 0.29) is 12.5 Å². The second kappa shape index (κ2) is 9.30. The fraction of sp³-hybridized carbons (Fsp3) is 0.182. The van der Waals surface area contributed by atoms with Gasteiger partial charge in [0, 0.05) is 17.0 Å². The SMILES string of the molecule is COc1ccc(OCC(=O)N/N=C/c2cc(C)n(-c3ccccc3Cl)c2C)cc1. The predicted molar refractivity (Wildman–Crippen MR) is 114 cm³/mol. The van der Waals surface area contributed by atoms with Crippen LogP contribution in [0.1, 0.15) is 17.0 Å². The van der Waals surface area contributed by atoms with Crippen LogP contribution in [-0.4, -0.2) is 30.4 Å². The number of hydrazone groups is 1. The van der Waals surface area contributed by atoms with E-state index in [0.29, 0.717) is 10.8 Å². The largest absolute Gasteiger partial charge is 0.497 e. The summed E-state index contributed by atoms with van der Waals surface area (Å²) in [6.07, 6.45) is 1.61. The number of nitrogens with zero attached hydrogens (tertiary/aromatic N) is 2. The van der Waals surface area contributed by atoms with Crippen molar-refractivity contribution < 1.29 is 14.3 Å². The number of aryl methyl sites for hydroxylation is 1. The van der Waals surface area contributed by atoms with E-state index < -0.39 is 0 Å². The number of carbonyl (C=O) groups is 1. The molecule has 0 saturated carbocycles. The number of benzene rings is 2. The third-order valence-electron chi connectivity index (χ3n) is 4.39. The second-order valence-electron chi connectivity index (χ2n) is 6.37. The molecule has 0 unspecified atom stereocenters. The lowest BCUT2D eigenvalue weighted by atomic mass is 10.2. The number of methoxy groups -OCH3 is 1. The Bertz CT molecular complexity index is 1030. The number of para-hydroxylation sites is 1. The molecule has 150 valence electrons. The molecule has 1 heterocycles. The summed E-state index contributed by atoms with van der Waals surface area (Å²) in [5.74, 6) is 0.950. The summed E-state index contributed by atoms with van der Waals surface area (Å²) in [5, 5.41) is 4.71. The number of amides is 1. The molecule has 1 N–H and O–H groups in total. The first-order valence-corrected chi connectivity index (χ1v) is 9.40. The van der Waals surface area contributed by atoms with Crippen molar-refractivity contribution in [1.82, 2.24) is 9.99 Å². The first-order valence-electron chi connectivity index (χ1n) is 9.02. The van der Waals surface area contributed by atoms with Crippen molar-refractivity contribution in [1.29, 1.82) is 0 Å². The molecule has 6 nitrogen and oxygen atoms in total. The zero-order valence-corrected chi connectivity index (χ0v) is 17.2. The van der Waals surface area contributed by atoms with E-state index in [4.69, 9.17) is 21.1 Å². The van der Waals surface area contributed by atoms with Gasteiger partial charge in [-0.1, -0.05) is 23.7 Å². The van der Waals surface area contributed by atoms with Gasteiger partial charge >= 0.3 is 0 Å². The highest BCUT2D eigenvalue weighted by Crippen LogP contribution is 2.25. The van der Waals surface area contributed by atoms with Gasteiger partial charge in [-0.05, 0) is 56.3 Å². The van der Waals surface area contributed by atoms with Crippen molar-refractivity contribution in [3.05, 3.63) is 76.6 Å². The fourth-order valence-electron chi connectivity index (χ4n) is 2.95. The number of hydrogen-bond donors (Lipinski definition) is 1. The molecule has 0 bridgehead atoms. The zero-order chi connectivity index (χ0) is 20.8. The van der Waals surface area contributed by atoms with E-state index >= 15 is 0 Å². The molecule has 1 aromatic heterocycles. The molecular formula is C22H22ClN3O3. The summed E-state index contributed by atoms with van der Waals surface area (Å²) in [4.78, 5) is 12.0. The monoisotopic (exact) mass is 411 g/mol. The van der Waals surface area contributed by atoms with Gasteiger partial charge in [0.1, 0.15) is 11.5 Å². The van der Waals surface area contributed by atoms with E-state index in [2.05, 4.69) is 15.1 Å². The third-order valence-corrected chi connectivity index (χ3v) is 4.71. The third kappa shape index (κ3) is 4.97. The van der Waals surface area contributed by atoms with E-state index in [9.17, 15) is 4.79 Å². The summed E-state index contributed by atoms with van der Waals surface area (Å²) in [5.41, 5.74) is 6.26. The highest BCUT2D eigenvalue weighted by Gasteiger charge is 2.11. The minimum Gasteiger partial charge on any atom is -0.497 e. The average Bonchev–Trinajstić information content (AvgIpc) is 3.00. The Morgan fingerprint density at radius 1 is 1.14 bits per heavy atom. The molecule has 0 radical (unpaired) electrons. The molecule has 7 heteroatoms. The number of halogens is 1. The number of aromatic nitrogens is 1. The molecule has 0 saturated heterocycles. The number of hydrogen-bond acceptors (Lipinski definition) is 4. The molecule has 0 spiro atoms. The molecule has 2 aromatic carbocycles. The van der Waals surface area contributed by atoms with Gasteiger partial charge in [-0.25, -0.2) is 5.43 Å². The minimum absolute atomic E-state index is 0.137. The van der Waals surface area contributed by atoms with Crippen LogP contribution in [0.25, 0.3) is 5.69 Å². The normalized spacial score (nSPS) is 10.9. The number of rotatable bonds is 7. The van der Waals surface area contributed by atoms with Gasteiger partial charge in [0.2, 0.25) is 0 Å². The second-order valence-corrected chi connectivity index (χ2v) is 6.78. The van der Waals surface area contributed by atoms with Crippen LogP contribution in [0.4, 0.5) is 0 Å². The Labute approximate surface area is 174 Å². The molecule has 0 aliphatic rings. The van der Waals surface area contributed by atoms with Gasteiger partial charge in [-0.2, -0.15) is 5.10 Å². The van der Waals surface area contributed by atoms with Gasteiger partial charge in [0.15, 0.2) is 6.61 Å². The minimum atomic E-state index is -0.350. The number of nitrogens with one attached hydrogen (secondary N) is 1. The lowest BCUT2D eigenvalue weighted by Gasteiger charge is -2.11. The van der Waals surface area contributed by atoms with E-state index in [1.165, 1.54) is 0 Å². The van der Waals surface area contributed by atoms with Gasteiger partial charge in [-0.3, -0.25) is 4.79 Å². The first-order chi connectivity index (χ1) is 14.0. The van der Waals surface area contributed by atoms with Crippen LogP contribution in [0, 0.1) is 13.8 Å². The molecule has 0 atom stereocenters. The van der Waals surface area contributed by atoms with Crippen LogP contribution in [-0.2, 0) is 4.79 Å². The average molecular weight is 412 g/mol. The van der Waals surface area contributed by atoms with Crippen LogP contribution in [0.15, 0.2) is 59.7 Å². The molecule has 1 amide bonds. The van der Waals surface area contributed by atoms with Gasteiger partial charge in [-0.15, -0.1) is 0 Å². The molecule has 3 aromatic rings. The van der Waals surface area contributed by atoms with Crippen LogP contribution < -0.4 is 14.9 Å². The molecule has 0 aliphatic heterocycles. The number of ether oxygens (including phenoxy) is 2. The highest BCUT2D eigenvalue weighted by molar-refractivity contribution is 6.32. The Morgan fingerprint density at radius 3 is 2.52 bits per heavy atom. The molecular weight excluding hydrogens is 390 g/mol. The summed E-state index contributed by atoms with van der Waals surface area (Å²) < 4.78 is 12.6. The Hall–Kier alpha value is -3.25. The quantitative estimate of drug-likeness (QED) is 0.466. The molecule has 29 heavy (non-hydrogen) atoms. The number of carbonyl (C=O) groups excluding carboxylic acids is 1. The maximum atomic E-state index is 12.0. The van der Waals surface area contributed by atoms with Crippen LogP contribution in [0.2, 0.25) is 5.02 Å². The predicted octanol–water partition coefficient (Wildman–Crippen LogP) is 4.29. The van der Waals surface area contributed by atoms with Crippen LogP contribution in [0.3, 0.4) is 0 Å². The molecule has 0 fully saturated rings. The fourth-order valence-corrected chi connectivity index (χ4v) is 3.17. The van der Waals surface area contributed by atoms with Crippen molar-refractivity contribution in [2.75, 3.05) is 13.7 Å². The Kier molecular flexibility index (Phi) is 6.57. The standard InChI is InChI=1S/C22H22ClN3O3/c1-15-12-17(16(2)26(15)21-7-5-4-6-20(21)23)13-24-25-22(27)14-29-19-10-8-18(28-3)9-11-19/h4-13H,14H2,1-3H3,(H,25,27)/b24-13+. The summed E-state index contributed by atoms with van der Waals surface area (Å²) in [6, 6.07) is 16.6.